The third-order valence-electron chi connectivity index (χ3n) is 2.56. The van der Waals surface area contributed by atoms with E-state index < -0.39 is 11.6 Å². The summed E-state index contributed by atoms with van der Waals surface area (Å²) in [6, 6.07) is 18.3. The third kappa shape index (κ3) is 5.19. The molecule has 0 aliphatic heterocycles. The zero-order valence-corrected chi connectivity index (χ0v) is 11.3. The third-order valence-corrected chi connectivity index (χ3v) is 2.56. The monoisotopic (exact) mass is 272 g/mol. The summed E-state index contributed by atoms with van der Waals surface area (Å²) in [4.78, 5) is 23.2. The maximum atomic E-state index is 11.6. The van der Waals surface area contributed by atoms with Crippen molar-refractivity contribution in [2.45, 2.75) is 6.42 Å². The predicted molar refractivity (Wildman–Crippen MR) is 81.3 cm³/mol. The smallest absolute Gasteiger partial charge is 0.214 e. The highest BCUT2D eigenvalue weighted by Crippen LogP contribution is 1.96. The van der Waals surface area contributed by atoms with Crippen molar-refractivity contribution >= 4 is 11.6 Å². The molecule has 0 spiro atoms. The molecule has 2 aromatic carbocycles. The molecule has 0 aliphatic carbocycles. The minimum atomic E-state index is -0.425. The lowest BCUT2D eigenvalue weighted by Gasteiger charge is -1.88. The molecule has 2 heteroatoms. The van der Waals surface area contributed by atoms with Crippen LogP contribution in [0.5, 0.6) is 0 Å². The van der Waals surface area contributed by atoms with Crippen LogP contribution >= 0.6 is 0 Å². The van der Waals surface area contributed by atoms with E-state index in [1.54, 1.807) is 24.3 Å². The van der Waals surface area contributed by atoms with E-state index in [9.17, 15) is 9.59 Å². The first-order chi connectivity index (χ1) is 10.2. The summed E-state index contributed by atoms with van der Waals surface area (Å²) >= 11 is 0. The first-order valence-electron chi connectivity index (χ1n) is 6.44. The van der Waals surface area contributed by atoms with Crippen molar-refractivity contribution in [3.8, 4) is 23.7 Å². The molecule has 0 amide bonds. The van der Waals surface area contributed by atoms with Crippen molar-refractivity contribution in [2.24, 2.45) is 0 Å². The second-order valence-corrected chi connectivity index (χ2v) is 4.26. The Morgan fingerprint density at radius 1 is 0.667 bits per heavy atom. The molecule has 0 aromatic heterocycles. The quantitative estimate of drug-likeness (QED) is 0.622. The molecule has 0 saturated heterocycles. The Balaban J connectivity index is 1.93. The molecule has 0 fully saturated rings. The number of Topliss-reactive ketones (excluding diaryl/α,β-unsaturated/α-hetero) is 2. The minimum absolute atomic E-state index is 0.278. The molecule has 0 aliphatic rings. The Morgan fingerprint density at radius 3 is 1.43 bits per heavy atom. The van der Waals surface area contributed by atoms with Crippen LogP contribution in [-0.2, 0) is 9.59 Å². The average Bonchev–Trinajstić information content (AvgIpc) is 2.53. The highest BCUT2D eigenvalue weighted by atomic mass is 16.1. The molecule has 2 aromatic rings. The molecule has 0 atom stereocenters. The molecule has 0 bridgehead atoms. The molecule has 0 N–H and O–H groups in total. The fraction of sp³-hybridized carbons (Fsp3) is 0.0526. The van der Waals surface area contributed by atoms with Crippen molar-refractivity contribution in [1.29, 1.82) is 0 Å². The van der Waals surface area contributed by atoms with Crippen molar-refractivity contribution in [3.63, 3.8) is 0 Å². The maximum Gasteiger partial charge on any atom is 0.214 e. The van der Waals surface area contributed by atoms with Gasteiger partial charge in [-0.2, -0.15) is 0 Å². The van der Waals surface area contributed by atoms with Gasteiger partial charge in [-0.3, -0.25) is 9.59 Å². The Labute approximate surface area is 123 Å². The van der Waals surface area contributed by atoms with Crippen LogP contribution in [0, 0.1) is 23.7 Å². The molecule has 21 heavy (non-hydrogen) atoms. The van der Waals surface area contributed by atoms with E-state index in [-0.39, 0.29) is 6.42 Å². The normalized spacial score (nSPS) is 8.76. The van der Waals surface area contributed by atoms with Crippen LogP contribution in [0.25, 0.3) is 0 Å². The van der Waals surface area contributed by atoms with Gasteiger partial charge in [-0.1, -0.05) is 48.2 Å². The van der Waals surface area contributed by atoms with Gasteiger partial charge >= 0.3 is 0 Å². The highest BCUT2D eigenvalue weighted by Gasteiger charge is 2.03. The minimum Gasteiger partial charge on any atom is -0.284 e. The van der Waals surface area contributed by atoms with E-state index >= 15 is 0 Å². The van der Waals surface area contributed by atoms with Gasteiger partial charge in [0.25, 0.3) is 0 Å². The van der Waals surface area contributed by atoms with E-state index in [2.05, 4.69) is 23.7 Å². The molecule has 0 saturated carbocycles. The Bertz CT molecular complexity index is 684. The predicted octanol–water partition coefficient (Wildman–Crippen LogP) is 2.62. The van der Waals surface area contributed by atoms with E-state index in [1.165, 1.54) is 0 Å². The van der Waals surface area contributed by atoms with Crippen LogP contribution in [0.4, 0.5) is 0 Å². The number of ketones is 2. The van der Waals surface area contributed by atoms with Crippen molar-refractivity contribution in [2.75, 3.05) is 0 Å². The Morgan fingerprint density at radius 2 is 1.05 bits per heavy atom. The Kier molecular flexibility index (Phi) is 5.10. The summed E-state index contributed by atoms with van der Waals surface area (Å²) in [5.41, 5.74) is 1.49. The van der Waals surface area contributed by atoms with Gasteiger partial charge in [-0.15, -0.1) is 0 Å². The van der Waals surface area contributed by atoms with Gasteiger partial charge in [0.15, 0.2) is 0 Å². The summed E-state index contributed by atoms with van der Waals surface area (Å²) in [5, 5.41) is 0. The first kappa shape index (κ1) is 14.3. The number of benzene rings is 2. The SMILES string of the molecule is O=C(C#Cc1ccccc1)CC(=O)C#Cc1ccccc1. The van der Waals surface area contributed by atoms with Gasteiger partial charge in [0.1, 0.15) is 0 Å². The van der Waals surface area contributed by atoms with Crippen LogP contribution in [0.15, 0.2) is 60.7 Å². The van der Waals surface area contributed by atoms with Crippen molar-refractivity contribution in [1.82, 2.24) is 0 Å². The van der Waals surface area contributed by atoms with Gasteiger partial charge in [0.2, 0.25) is 11.6 Å². The van der Waals surface area contributed by atoms with Gasteiger partial charge in [-0.25, -0.2) is 0 Å². The molecule has 2 rings (SSSR count). The highest BCUT2D eigenvalue weighted by molar-refractivity contribution is 6.13. The summed E-state index contributed by atoms with van der Waals surface area (Å²) in [5.74, 6) is 9.50. The molecular weight excluding hydrogens is 260 g/mol. The molecule has 0 unspecified atom stereocenters. The summed E-state index contributed by atoms with van der Waals surface area (Å²) in [7, 11) is 0. The van der Waals surface area contributed by atoms with Crippen LogP contribution in [-0.4, -0.2) is 11.6 Å². The number of carbonyl (C=O) groups excluding carboxylic acids is 2. The molecular formula is C19H12O2. The fourth-order valence-corrected chi connectivity index (χ4v) is 1.56. The molecule has 0 radical (unpaired) electrons. The topological polar surface area (TPSA) is 34.1 Å². The number of carbonyl (C=O) groups is 2. The molecule has 100 valence electrons. The lowest BCUT2D eigenvalue weighted by molar-refractivity contribution is -0.121. The number of hydrogen-bond donors (Lipinski definition) is 0. The van der Waals surface area contributed by atoms with Crippen molar-refractivity contribution in [3.05, 3.63) is 71.8 Å². The zero-order valence-electron chi connectivity index (χ0n) is 11.3. The van der Waals surface area contributed by atoms with E-state index in [0.717, 1.165) is 11.1 Å². The maximum absolute atomic E-state index is 11.6. The second-order valence-electron chi connectivity index (χ2n) is 4.26. The van der Waals surface area contributed by atoms with Gasteiger partial charge in [-0.05, 0) is 36.1 Å². The molecule has 2 nitrogen and oxygen atoms in total. The van der Waals surface area contributed by atoms with Crippen LogP contribution in [0.3, 0.4) is 0 Å². The number of rotatable bonds is 2. The lowest BCUT2D eigenvalue weighted by atomic mass is 10.1. The average molecular weight is 272 g/mol. The van der Waals surface area contributed by atoms with Crippen LogP contribution in [0.2, 0.25) is 0 Å². The standard InChI is InChI=1S/C19H12O2/c20-18(13-11-16-7-3-1-4-8-16)15-19(21)14-12-17-9-5-2-6-10-17/h1-10H,15H2. The molecule has 0 heterocycles. The van der Waals surface area contributed by atoms with Crippen molar-refractivity contribution < 1.29 is 9.59 Å². The Hall–Kier alpha value is -3.10. The summed E-state index contributed by atoms with van der Waals surface area (Å²) in [6.45, 7) is 0. The van der Waals surface area contributed by atoms with Crippen LogP contribution < -0.4 is 0 Å². The lowest BCUT2D eigenvalue weighted by Crippen LogP contribution is -2.03. The zero-order chi connectivity index (χ0) is 14.9. The van der Waals surface area contributed by atoms with E-state index in [1.807, 2.05) is 36.4 Å². The summed E-state index contributed by atoms with van der Waals surface area (Å²) in [6.07, 6.45) is -0.278. The van der Waals surface area contributed by atoms with Gasteiger partial charge in [0.05, 0.1) is 6.42 Å². The second kappa shape index (κ2) is 7.48. The van der Waals surface area contributed by atoms with Gasteiger partial charge < -0.3 is 0 Å². The van der Waals surface area contributed by atoms with E-state index in [0.29, 0.717) is 0 Å². The largest absolute Gasteiger partial charge is 0.284 e. The first-order valence-corrected chi connectivity index (χ1v) is 6.44. The number of hydrogen-bond acceptors (Lipinski definition) is 2. The fourth-order valence-electron chi connectivity index (χ4n) is 1.56. The van der Waals surface area contributed by atoms with Gasteiger partial charge in [0, 0.05) is 11.1 Å². The van der Waals surface area contributed by atoms with Crippen LogP contribution in [0.1, 0.15) is 17.5 Å². The van der Waals surface area contributed by atoms with E-state index in [4.69, 9.17) is 0 Å². The summed E-state index contributed by atoms with van der Waals surface area (Å²) < 4.78 is 0.